The highest BCUT2D eigenvalue weighted by molar-refractivity contribution is 7.99. The summed E-state index contributed by atoms with van der Waals surface area (Å²) in [5, 5.41) is 18.3. The maximum Gasteiger partial charge on any atom is 0.416 e. The minimum Gasteiger partial charge on any atom is -0.481 e. The molecule has 0 saturated carbocycles. The Kier molecular flexibility index (Phi) is 8.62. The Morgan fingerprint density at radius 3 is 2.33 bits per heavy atom. The summed E-state index contributed by atoms with van der Waals surface area (Å²) >= 11 is 3.26. The number of alkyl halides is 3. The monoisotopic (exact) mass is 494 g/mol. The van der Waals surface area contributed by atoms with Crippen LogP contribution in [0, 0.1) is 6.92 Å². The first kappa shape index (κ1) is 25.3. The summed E-state index contributed by atoms with van der Waals surface area (Å²) in [6.07, 6.45) is -2.44. The molecule has 0 amide bonds. The second kappa shape index (κ2) is 11.2. The van der Waals surface area contributed by atoms with Crippen LogP contribution in [0.1, 0.15) is 33.6 Å². The molecule has 1 heterocycles. The van der Waals surface area contributed by atoms with Gasteiger partial charge in [0.2, 0.25) is 0 Å². The van der Waals surface area contributed by atoms with Crippen molar-refractivity contribution in [3.8, 4) is 10.4 Å². The maximum absolute atomic E-state index is 12.8. The third-order valence-electron chi connectivity index (χ3n) is 5.29. The smallest absolute Gasteiger partial charge is 0.416 e. The van der Waals surface area contributed by atoms with Crippen LogP contribution in [0.2, 0.25) is 0 Å². The van der Waals surface area contributed by atoms with Crippen LogP contribution in [0.5, 0.6) is 0 Å². The van der Waals surface area contributed by atoms with Crippen LogP contribution in [-0.2, 0) is 30.2 Å². The summed E-state index contributed by atoms with van der Waals surface area (Å²) < 4.78 is 38.5. The molecule has 2 N–H and O–H groups in total. The van der Waals surface area contributed by atoms with Crippen molar-refractivity contribution in [2.75, 3.05) is 12.4 Å². The van der Waals surface area contributed by atoms with Crippen molar-refractivity contribution in [2.45, 2.75) is 43.7 Å². The number of hydrogen-bond acceptors (Lipinski definition) is 4. The van der Waals surface area contributed by atoms with Gasteiger partial charge in [-0.3, -0.25) is 4.79 Å². The van der Waals surface area contributed by atoms with E-state index in [1.54, 1.807) is 23.1 Å². The van der Waals surface area contributed by atoms with Gasteiger partial charge in [0, 0.05) is 33.4 Å². The molecule has 8 heteroatoms. The molecule has 3 aromatic rings. The van der Waals surface area contributed by atoms with E-state index in [0.717, 1.165) is 61.2 Å². The average molecular weight is 495 g/mol. The molecule has 33 heavy (non-hydrogen) atoms. The number of halogens is 3. The number of thiophene rings is 1. The number of aliphatic hydroxyl groups is 1. The highest BCUT2D eigenvalue weighted by Crippen LogP contribution is 2.36. The quantitative estimate of drug-likeness (QED) is 0.311. The van der Waals surface area contributed by atoms with Crippen LogP contribution in [0.15, 0.2) is 53.4 Å². The molecule has 0 unspecified atom stereocenters. The lowest BCUT2D eigenvalue weighted by atomic mass is 10.0. The summed E-state index contributed by atoms with van der Waals surface area (Å²) in [5.74, 6) is 0.0115. The predicted octanol–water partition coefficient (Wildman–Crippen LogP) is 6.63. The number of carboxylic acids is 1. The lowest BCUT2D eigenvalue weighted by molar-refractivity contribution is -0.138. The summed E-state index contributed by atoms with van der Waals surface area (Å²) in [4.78, 5) is 13.9. The molecule has 0 bridgehead atoms. The fourth-order valence-corrected chi connectivity index (χ4v) is 5.83. The Hall–Kier alpha value is -2.29. The Labute approximate surface area is 199 Å². The van der Waals surface area contributed by atoms with Crippen molar-refractivity contribution in [3.05, 3.63) is 75.7 Å². The van der Waals surface area contributed by atoms with Crippen molar-refractivity contribution in [1.82, 2.24) is 0 Å². The van der Waals surface area contributed by atoms with Crippen LogP contribution >= 0.6 is 23.1 Å². The normalized spacial score (nSPS) is 11.7. The number of rotatable bonds is 10. The van der Waals surface area contributed by atoms with Gasteiger partial charge in [0.1, 0.15) is 0 Å². The van der Waals surface area contributed by atoms with E-state index in [0.29, 0.717) is 12.8 Å². The van der Waals surface area contributed by atoms with Crippen molar-refractivity contribution in [1.29, 1.82) is 0 Å². The van der Waals surface area contributed by atoms with Crippen LogP contribution in [0.3, 0.4) is 0 Å². The first-order valence-corrected chi connectivity index (χ1v) is 12.3. The molecule has 3 nitrogen and oxygen atoms in total. The van der Waals surface area contributed by atoms with Crippen LogP contribution in [-0.4, -0.2) is 28.5 Å². The summed E-state index contributed by atoms with van der Waals surface area (Å²) in [7, 11) is 0. The van der Waals surface area contributed by atoms with Gasteiger partial charge in [0.15, 0.2) is 0 Å². The standard InChI is InChI=1S/C25H25F3O3S2/c1-16-14-21(8-4-17(16)5-9-24(30)31)32-13-11-22-19(10-12-29)15-23(33-22)18-2-6-20(7-3-18)25(26,27)28/h2-4,6-8,14-15,29H,5,9-13H2,1H3,(H,30,31). The van der Waals surface area contributed by atoms with Gasteiger partial charge in [-0.05, 0) is 78.8 Å². The van der Waals surface area contributed by atoms with E-state index in [4.69, 9.17) is 5.11 Å². The van der Waals surface area contributed by atoms with Gasteiger partial charge in [0.05, 0.1) is 5.56 Å². The van der Waals surface area contributed by atoms with Gasteiger partial charge in [0.25, 0.3) is 0 Å². The third kappa shape index (κ3) is 7.09. The minimum absolute atomic E-state index is 0.0142. The van der Waals surface area contributed by atoms with Crippen molar-refractivity contribution in [3.63, 3.8) is 0 Å². The molecule has 0 radical (unpaired) electrons. The number of hydrogen-bond donors (Lipinski definition) is 2. The lowest BCUT2D eigenvalue weighted by Gasteiger charge is -2.08. The minimum atomic E-state index is -4.36. The Balaban J connectivity index is 1.67. The van der Waals surface area contributed by atoms with E-state index < -0.39 is 17.7 Å². The number of aliphatic hydroxyl groups excluding tert-OH is 1. The first-order chi connectivity index (χ1) is 15.7. The molecule has 0 aliphatic rings. The van der Waals surface area contributed by atoms with Crippen LogP contribution in [0.25, 0.3) is 10.4 Å². The van der Waals surface area contributed by atoms with Gasteiger partial charge in [-0.25, -0.2) is 0 Å². The largest absolute Gasteiger partial charge is 0.481 e. The zero-order valence-corrected chi connectivity index (χ0v) is 19.7. The first-order valence-electron chi connectivity index (χ1n) is 10.5. The van der Waals surface area contributed by atoms with E-state index in [2.05, 4.69) is 6.07 Å². The predicted molar refractivity (Wildman–Crippen MR) is 127 cm³/mol. The van der Waals surface area contributed by atoms with Gasteiger partial charge in [-0.1, -0.05) is 18.2 Å². The van der Waals surface area contributed by atoms with E-state index in [1.165, 1.54) is 12.1 Å². The third-order valence-corrected chi connectivity index (χ3v) is 7.58. The molecule has 2 aromatic carbocycles. The zero-order chi connectivity index (χ0) is 24.0. The van der Waals surface area contributed by atoms with Crippen molar-refractivity contribution >= 4 is 29.1 Å². The van der Waals surface area contributed by atoms with Gasteiger partial charge in [-0.2, -0.15) is 13.2 Å². The van der Waals surface area contributed by atoms with Gasteiger partial charge >= 0.3 is 12.1 Å². The average Bonchev–Trinajstić information content (AvgIpc) is 3.15. The molecule has 3 rings (SSSR count). The topological polar surface area (TPSA) is 57.5 Å². The van der Waals surface area contributed by atoms with Crippen molar-refractivity contribution in [2.24, 2.45) is 0 Å². The summed E-state index contributed by atoms with van der Waals surface area (Å²) in [5.41, 5.74) is 3.20. The molecule has 0 fully saturated rings. The van der Waals surface area contributed by atoms with E-state index in [9.17, 15) is 23.1 Å². The number of thioether (sulfide) groups is 1. The number of aliphatic carboxylic acids is 1. The molecule has 0 aliphatic carbocycles. The van der Waals surface area contributed by atoms with E-state index in [1.807, 2.05) is 25.1 Å². The molecule has 0 atom stereocenters. The highest BCUT2D eigenvalue weighted by atomic mass is 32.2. The van der Waals surface area contributed by atoms with E-state index in [-0.39, 0.29) is 13.0 Å². The van der Waals surface area contributed by atoms with Gasteiger partial charge < -0.3 is 10.2 Å². The molecule has 0 spiro atoms. The summed E-state index contributed by atoms with van der Waals surface area (Å²) in [6.45, 7) is 2.00. The summed E-state index contributed by atoms with van der Waals surface area (Å²) in [6, 6.07) is 13.2. The number of benzene rings is 2. The van der Waals surface area contributed by atoms with Crippen LogP contribution < -0.4 is 0 Å². The van der Waals surface area contributed by atoms with Crippen LogP contribution in [0.4, 0.5) is 13.2 Å². The number of carboxylic acid groups (broad SMARTS) is 1. The highest BCUT2D eigenvalue weighted by Gasteiger charge is 2.30. The fraction of sp³-hybridized carbons (Fsp3) is 0.320. The van der Waals surface area contributed by atoms with E-state index >= 15 is 0 Å². The zero-order valence-electron chi connectivity index (χ0n) is 18.1. The van der Waals surface area contributed by atoms with Gasteiger partial charge in [-0.15, -0.1) is 23.1 Å². The fourth-order valence-electron chi connectivity index (χ4n) is 3.52. The second-order valence-corrected chi connectivity index (χ2v) is 9.99. The molecular weight excluding hydrogens is 469 g/mol. The Morgan fingerprint density at radius 2 is 1.73 bits per heavy atom. The Bertz CT molecular complexity index is 1090. The van der Waals surface area contributed by atoms with Crippen molar-refractivity contribution < 1.29 is 28.2 Å². The molecular formula is C25H25F3O3S2. The molecule has 0 saturated heterocycles. The Morgan fingerprint density at radius 1 is 1.00 bits per heavy atom. The number of aryl methyl sites for hydroxylation is 3. The molecule has 176 valence electrons. The molecule has 1 aromatic heterocycles. The molecule has 0 aliphatic heterocycles. The second-order valence-electron chi connectivity index (χ2n) is 7.69. The SMILES string of the molecule is Cc1cc(SCCc2sc(-c3ccc(C(F)(F)F)cc3)cc2CCO)ccc1CCC(=O)O. The number of carbonyl (C=O) groups is 1. The maximum atomic E-state index is 12.8. The lowest BCUT2D eigenvalue weighted by Crippen LogP contribution is -2.03.